The number of fused-ring (bicyclic) bond motifs is 1. The van der Waals surface area contributed by atoms with Gasteiger partial charge in [0.15, 0.2) is 0 Å². The van der Waals surface area contributed by atoms with Gasteiger partial charge in [-0.2, -0.15) is 0 Å². The van der Waals surface area contributed by atoms with Crippen LogP contribution < -0.4 is 10.6 Å². The minimum Gasteiger partial charge on any atom is -0.316 e. The topological polar surface area (TPSA) is 46.3 Å². The molecule has 0 radical (unpaired) electrons. The summed E-state index contributed by atoms with van der Waals surface area (Å²) in [6.07, 6.45) is 0. The summed E-state index contributed by atoms with van der Waals surface area (Å²) in [6.45, 7) is 0.515. The summed E-state index contributed by atoms with van der Waals surface area (Å²) in [4.78, 5) is 13.9. The fourth-order valence-electron chi connectivity index (χ4n) is 2.35. The van der Waals surface area contributed by atoms with Gasteiger partial charge < -0.3 is 10.6 Å². The second kappa shape index (κ2) is 5.83. The summed E-state index contributed by atoms with van der Waals surface area (Å²) in [5.74, 6) is -0.0591. The van der Waals surface area contributed by atoms with E-state index in [-0.39, 0.29) is 18.3 Å². The Morgan fingerprint density at radius 3 is 2.45 bits per heavy atom. The molecule has 0 spiro atoms. The first-order chi connectivity index (χ1) is 9.16. The van der Waals surface area contributed by atoms with E-state index >= 15 is 0 Å². The Morgan fingerprint density at radius 2 is 1.75 bits per heavy atom. The van der Waals surface area contributed by atoms with E-state index in [4.69, 9.17) is 17.3 Å². The lowest BCUT2D eigenvalue weighted by atomic mass is 10.1. The maximum atomic E-state index is 12.2. The Morgan fingerprint density at radius 1 is 1.10 bits per heavy atom. The van der Waals surface area contributed by atoms with Crippen LogP contribution in [0, 0.1) is 0 Å². The molecule has 104 valence electrons. The van der Waals surface area contributed by atoms with Crippen LogP contribution in [0.4, 0.5) is 5.69 Å². The Kier molecular flexibility index (Phi) is 4.33. The summed E-state index contributed by atoms with van der Waals surface area (Å²) < 4.78 is 0. The zero-order chi connectivity index (χ0) is 13.4. The molecule has 2 N–H and O–H groups in total. The molecule has 1 aliphatic heterocycles. The van der Waals surface area contributed by atoms with Crippen LogP contribution in [0.1, 0.15) is 17.2 Å². The second-order valence-electron chi connectivity index (χ2n) is 4.59. The van der Waals surface area contributed by atoms with E-state index in [1.54, 1.807) is 4.90 Å². The SMILES string of the molecule is Cl.NC1C(=O)N(Cc2ccc(Cl)cc2)c2ccccc21. The van der Waals surface area contributed by atoms with Crippen molar-refractivity contribution in [3.05, 3.63) is 64.7 Å². The number of amides is 1. The minimum atomic E-state index is -0.552. The molecule has 0 saturated carbocycles. The molecule has 0 saturated heterocycles. The smallest absolute Gasteiger partial charge is 0.248 e. The monoisotopic (exact) mass is 308 g/mol. The number of halogens is 2. The molecule has 1 unspecified atom stereocenters. The fraction of sp³-hybridized carbons (Fsp3) is 0.133. The third-order valence-corrected chi connectivity index (χ3v) is 3.60. The first-order valence-corrected chi connectivity index (χ1v) is 6.45. The largest absolute Gasteiger partial charge is 0.316 e. The van der Waals surface area contributed by atoms with Crippen molar-refractivity contribution in [2.45, 2.75) is 12.6 Å². The number of rotatable bonds is 2. The van der Waals surface area contributed by atoms with E-state index in [0.717, 1.165) is 16.8 Å². The maximum Gasteiger partial charge on any atom is 0.248 e. The van der Waals surface area contributed by atoms with Crippen molar-refractivity contribution in [3.63, 3.8) is 0 Å². The van der Waals surface area contributed by atoms with Crippen LogP contribution in [-0.4, -0.2) is 5.91 Å². The molecule has 2 aromatic carbocycles. The Bertz CT molecular complexity index is 628. The van der Waals surface area contributed by atoms with Crippen molar-refractivity contribution in [1.29, 1.82) is 0 Å². The van der Waals surface area contributed by atoms with Crippen molar-refractivity contribution in [1.82, 2.24) is 0 Å². The number of carbonyl (C=O) groups is 1. The molecule has 1 amide bonds. The normalized spacial score (nSPS) is 16.8. The second-order valence-corrected chi connectivity index (χ2v) is 5.02. The van der Waals surface area contributed by atoms with E-state index in [9.17, 15) is 4.79 Å². The number of nitrogens with two attached hydrogens (primary N) is 1. The fourth-order valence-corrected chi connectivity index (χ4v) is 2.48. The summed E-state index contributed by atoms with van der Waals surface area (Å²) in [7, 11) is 0. The van der Waals surface area contributed by atoms with Gasteiger partial charge in [-0.3, -0.25) is 4.79 Å². The molecule has 0 fully saturated rings. The Balaban J connectivity index is 0.00000147. The van der Waals surface area contributed by atoms with E-state index in [1.165, 1.54) is 0 Å². The van der Waals surface area contributed by atoms with Crippen LogP contribution >= 0.6 is 24.0 Å². The van der Waals surface area contributed by atoms with Crippen LogP contribution in [0.25, 0.3) is 0 Å². The van der Waals surface area contributed by atoms with Gasteiger partial charge in [0, 0.05) is 16.3 Å². The Labute approximate surface area is 128 Å². The molecule has 0 aromatic heterocycles. The van der Waals surface area contributed by atoms with Crippen LogP contribution in [-0.2, 0) is 11.3 Å². The zero-order valence-electron chi connectivity index (χ0n) is 10.6. The highest BCUT2D eigenvalue weighted by molar-refractivity contribution is 6.30. The van der Waals surface area contributed by atoms with E-state index in [1.807, 2.05) is 48.5 Å². The molecule has 0 bridgehead atoms. The van der Waals surface area contributed by atoms with E-state index < -0.39 is 6.04 Å². The summed E-state index contributed by atoms with van der Waals surface area (Å²) in [5.41, 5.74) is 8.76. The Hall–Kier alpha value is -1.55. The quantitative estimate of drug-likeness (QED) is 0.925. The van der Waals surface area contributed by atoms with Crippen molar-refractivity contribution in [3.8, 4) is 0 Å². The van der Waals surface area contributed by atoms with Crippen LogP contribution in [0.3, 0.4) is 0 Å². The van der Waals surface area contributed by atoms with Gasteiger partial charge in [0.2, 0.25) is 5.91 Å². The lowest BCUT2D eigenvalue weighted by Gasteiger charge is -2.17. The van der Waals surface area contributed by atoms with E-state index in [0.29, 0.717) is 11.6 Å². The van der Waals surface area contributed by atoms with Crippen LogP contribution in [0.5, 0.6) is 0 Å². The van der Waals surface area contributed by atoms with Gasteiger partial charge in [-0.1, -0.05) is 41.9 Å². The molecular formula is C15H14Cl2N2O. The van der Waals surface area contributed by atoms with Crippen molar-refractivity contribution >= 4 is 35.6 Å². The van der Waals surface area contributed by atoms with Gasteiger partial charge in [-0.05, 0) is 23.8 Å². The maximum absolute atomic E-state index is 12.2. The molecular weight excluding hydrogens is 295 g/mol. The first kappa shape index (κ1) is 14.9. The molecule has 3 nitrogen and oxygen atoms in total. The first-order valence-electron chi connectivity index (χ1n) is 6.07. The van der Waals surface area contributed by atoms with E-state index in [2.05, 4.69) is 0 Å². The standard InChI is InChI=1S/C15H13ClN2O.ClH/c16-11-7-5-10(6-8-11)9-18-13-4-2-1-3-12(13)14(17)15(18)19;/h1-8,14H,9,17H2;1H. The number of nitrogens with zero attached hydrogens (tertiary/aromatic N) is 1. The van der Waals surface area contributed by atoms with Gasteiger partial charge >= 0.3 is 0 Å². The van der Waals surface area contributed by atoms with Gasteiger partial charge in [-0.25, -0.2) is 0 Å². The molecule has 3 rings (SSSR count). The summed E-state index contributed by atoms with van der Waals surface area (Å²) in [6, 6.07) is 14.6. The highest BCUT2D eigenvalue weighted by Crippen LogP contribution is 2.35. The van der Waals surface area contributed by atoms with Crippen molar-refractivity contribution in [2.24, 2.45) is 5.73 Å². The van der Waals surface area contributed by atoms with Gasteiger partial charge in [0.1, 0.15) is 6.04 Å². The lowest BCUT2D eigenvalue weighted by molar-refractivity contribution is -0.119. The predicted octanol–water partition coefficient (Wildman–Crippen LogP) is 3.31. The number of hydrogen-bond acceptors (Lipinski definition) is 2. The average Bonchev–Trinajstić information content (AvgIpc) is 2.67. The molecule has 1 atom stereocenters. The number of anilines is 1. The average molecular weight is 309 g/mol. The number of carbonyl (C=O) groups excluding carboxylic acids is 1. The highest BCUT2D eigenvalue weighted by atomic mass is 35.5. The number of hydrogen-bond donors (Lipinski definition) is 1. The van der Waals surface area contributed by atoms with Crippen LogP contribution in [0.15, 0.2) is 48.5 Å². The number of benzene rings is 2. The molecule has 0 aliphatic carbocycles. The molecule has 5 heteroatoms. The molecule has 1 aliphatic rings. The lowest BCUT2D eigenvalue weighted by Crippen LogP contribution is -2.31. The molecule has 1 heterocycles. The van der Waals surface area contributed by atoms with Crippen molar-refractivity contribution < 1.29 is 4.79 Å². The third-order valence-electron chi connectivity index (χ3n) is 3.35. The minimum absolute atomic E-state index is 0. The summed E-state index contributed by atoms with van der Waals surface area (Å²) >= 11 is 5.86. The van der Waals surface area contributed by atoms with Gasteiger partial charge in [0.25, 0.3) is 0 Å². The van der Waals surface area contributed by atoms with Gasteiger partial charge in [0.05, 0.1) is 6.54 Å². The van der Waals surface area contributed by atoms with Crippen LogP contribution in [0.2, 0.25) is 5.02 Å². The zero-order valence-corrected chi connectivity index (χ0v) is 12.2. The molecule has 20 heavy (non-hydrogen) atoms. The molecule has 2 aromatic rings. The van der Waals surface area contributed by atoms with Gasteiger partial charge in [-0.15, -0.1) is 12.4 Å². The summed E-state index contributed by atoms with van der Waals surface area (Å²) in [5, 5.41) is 0.689. The highest BCUT2D eigenvalue weighted by Gasteiger charge is 2.34. The predicted molar refractivity (Wildman–Crippen MR) is 83.3 cm³/mol. The third kappa shape index (κ3) is 2.52. The number of para-hydroxylation sites is 1. The van der Waals surface area contributed by atoms with Crippen molar-refractivity contribution in [2.75, 3.05) is 4.90 Å².